The van der Waals surface area contributed by atoms with E-state index in [1.807, 2.05) is 53.1 Å². The summed E-state index contributed by atoms with van der Waals surface area (Å²) in [6.07, 6.45) is 1.43. The molecule has 1 amide bonds. The van der Waals surface area contributed by atoms with Gasteiger partial charge in [-0.25, -0.2) is 5.43 Å². The Morgan fingerprint density at radius 2 is 1.51 bits per heavy atom. The minimum absolute atomic E-state index is 0.0382. The molecule has 202 valence electrons. The van der Waals surface area contributed by atoms with E-state index >= 15 is 0 Å². The quantitative estimate of drug-likeness (QED) is 0.162. The van der Waals surface area contributed by atoms with Crippen molar-refractivity contribution in [3.63, 3.8) is 0 Å². The molecular weight excluding hydrogens is 522 g/mol. The van der Waals surface area contributed by atoms with Crippen LogP contribution in [0.2, 0.25) is 0 Å². The van der Waals surface area contributed by atoms with E-state index in [1.165, 1.54) is 32.2 Å². The maximum Gasteiger partial charge on any atom is 0.250 e. The molecule has 39 heavy (non-hydrogen) atoms. The van der Waals surface area contributed by atoms with Gasteiger partial charge in [-0.3, -0.25) is 9.36 Å². The van der Waals surface area contributed by atoms with Crippen LogP contribution < -0.4 is 24.4 Å². The van der Waals surface area contributed by atoms with Crippen molar-refractivity contribution >= 4 is 23.9 Å². The van der Waals surface area contributed by atoms with E-state index in [0.717, 1.165) is 17.0 Å². The number of hydrazone groups is 1. The Bertz CT molecular complexity index is 1430. The number of methoxy groups -OCH3 is 4. The van der Waals surface area contributed by atoms with E-state index in [-0.39, 0.29) is 28.9 Å². The molecule has 1 aromatic heterocycles. The highest BCUT2D eigenvalue weighted by molar-refractivity contribution is 7.99. The van der Waals surface area contributed by atoms with Crippen molar-refractivity contribution in [3.8, 4) is 45.8 Å². The van der Waals surface area contributed by atoms with E-state index in [2.05, 4.69) is 20.7 Å². The van der Waals surface area contributed by atoms with Crippen LogP contribution in [0.3, 0.4) is 0 Å². The lowest BCUT2D eigenvalue weighted by molar-refractivity contribution is -0.118. The van der Waals surface area contributed by atoms with Crippen molar-refractivity contribution in [1.82, 2.24) is 20.2 Å². The van der Waals surface area contributed by atoms with E-state index < -0.39 is 0 Å². The molecule has 0 bridgehead atoms. The Morgan fingerprint density at radius 3 is 2.08 bits per heavy atom. The van der Waals surface area contributed by atoms with Gasteiger partial charge >= 0.3 is 0 Å². The Labute approximate surface area is 229 Å². The molecule has 0 fully saturated rings. The molecule has 3 aromatic carbocycles. The monoisotopic (exact) mass is 549 g/mol. The maximum absolute atomic E-state index is 12.6. The molecule has 4 rings (SSSR count). The zero-order chi connectivity index (χ0) is 27.8. The summed E-state index contributed by atoms with van der Waals surface area (Å²) in [4.78, 5) is 12.6. The number of aromatic hydroxyl groups is 1. The molecule has 2 N–H and O–H groups in total. The number of hydrogen-bond donors (Lipinski definition) is 2. The summed E-state index contributed by atoms with van der Waals surface area (Å²) in [5.41, 5.74) is 4.70. The van der Waals surface area contributed by atoms with Crippen LogP contribution >= 0.6 is 11.8 Å². The minimum atomic E-state index is -0.343. The van der Waals surface area contributed by atoms with Crippen LogP contribution in [-0.2, 0) is 4.79 Å². The van der Waals surface area contributed by atoms with E-state index in [4.69, 9.17) is 18.9 Å². The smallest absolute Gasteiger partial charge is 0.250 e. The Balaban J connectivity index is 1.51. The fourth-order valence-corrected chi connectivity index (χ4v) is 4.33. The Morgan fingerprint density at radius 1 is 0.923 bits per heavy atom. The van der Waals surface area contributed by atoms with Crippen molar-refractivity contribution in [1.29, 1.82) is 0 Å². The number of amides is 1. The number of benzene rings is 3. The molecule has 0 saturated heterocycles. The van der Waals surface area contributed by atoms with Gasteiger partial charge in [-0.2, -0.15) is 5.10 Å². The molecule has 0 atom stereocenters. The van der Waals surface area contributed by atoms with Crippen molar-refractivity contribution in [2.75, 3.05) is 34.2 Å². The number of phenolic OH excluding ortho intramolecular Hbond substituents is 1. The molecule has 0 aliphatic rings. The topological polar surface area (TPSA) is 129 Å². The number of phenols is 1. The average molecular weight is 550 g/mol. The van der Waals surface area contributed by atoms with Gasteiger partial charge in [-0.15, -0.1) is 10.2 Å². The van der Waals surface area contributed by atoms with Gasteiger partial charge in [0.1, 0.15) is 11.5 Å². The number of rotatable bonds is 11. The van der Waals surface area contributed by atoms with Crippen LogP contribution in [0.25, 0.3) is 17.1 Å². The van der Waals surface area contributed by atoms with Crippen LogP contribution in [0.4, 0.5) is 0 Å². The maximum atomic E-state index is 12.6. The van der Waals surface area contributed by atoms with Crippen molar-refractivity contribution in [2.45, 2.75) is 5.16 Å². The first-order chi connectivity index (χ1) is 19.0. The summed E-state index contributed by atoms with van der Waals surface area (Å²) in [6.45, 7) is 0. The van der Waals surface area contributed by atoms with Crippen LogP contribution in [0.1, 0.15) is 5.56 Å². The highest BCUT2D eigenvalue weighted by atomic mass is 32.2. The van der Waals surface area contributed by atoms with E-state index in [0.29, 0.717) is 22.3 Å². The second-order valence-corrected chi connectivity index (χ2v) is 8.87. The van der Waals surface area contributed by atoms with Crippen molar-refractivity contribution < 1.29 is 28.8 Å². The van der Waals surface area contributed by atoms with Crippen molar-refractivity contribution in [3.05, 3.63) is 66.2 Å². The lowest BCUT2D eigenvalue weighted by Crippen LogP contribution is -2.20. The van der Waals surface area contributed by atoms with Crippen molar-refractivity contribution in [2.24, 2.45) is 5.10 Å². The number of hydrogen-bond acceptors (Lipinski definition) is 10. The summed E-state index contributed by atoms with van der Waals surface area (Å²) in [5.74, 6) is 2.08. The summed E-state index contributed by atoms with van der Waals surface area (Å²) in [7, 11) is 6.07. The van der Waals surface area contributed by atoms with Gasteiger partial charge in [-0.1, -0.05) is 11.8 Å². The summed E-state index contributed by atoms with van der Waals surface area (Å²) < 4.78 is 22.7. The minimum Gasteiger partial charge on any atom is -0.502 e. The molecule has 0 spiro atoms. The zero-order valence-electron chi connectivity index (χ0n) is 21.7. The first-order valence-corrected chi connectivity index (χ1v) is 12.6. The third kappa shape index (κ3) is 6.41. The molecule has 1 heterocycles. The molecule has 0 aliphatic carbocycles. The molecule has 11 nitrogen and oxygen atoms in total. The Kier molecular flexibility index (Phi) is 8.90. The van der Waals surface area contributed by atoms with Gasteiger partial charge in [0.2, 0.25) is 5.75 Å². The average Bonchev–Trinajstić information content (AvgIpc) is 3.40. The number of nitrogens with one attached hydrogen (secondary N) is 1. The highest BCUT2D eigenvalue weighted by Gasteiger charge is 2.18. The van der Waals surface area contributed by atoms with Crippen LogP contribution in [0.5, 0.6) is 28.7 Å². The zero-order valence-corrected chi connectivity index (χ0v) is 22.6. The van der Waals surface area contributed by atoms with Gasteiger partial charge < -0.3 is 24.1 Å². The van der Waals surface area contributed by atoms with Gasteiger partial charge in [0, 0.05) is 16.8 Å². The fourth-order valence-electron chi connectivity index (χ4n) is 3.58. The molecule has 4 aromatic rings. The van der Waals surface area contributed by atoms with Gasteiger partial charge in [0.05, 0.1) is 40.4 Å². The summed E-state index contributed by atoms with van der Waals surface area (Å²) >= 11 is 1.22. The lowest BCUT2D eigenvalue weighted by atomic mass is 10.2. The van der Waals surface area contributed by atoms with Crippen LogP contribution in [-0.4, -0.2) is 66.2 Å². The number of thioether (sulfide) groups is 1. The van der Waals surface area contributed by atoms with Crippen LogP contribution in [0, 0.1) is 0 Å². The lowest BCUT2D eigenvalue weighted by Gasteiger charge is -2.11. The standard InChI is InChI=1S/C27H27N5O6S/c1-35-20-9-5-18(6-10-20)26-30-31-27(32(26)19-7-11-21(36-2)12-8-19)39-16-24(33)29-28-15-17-13-22(37-3)25(34)23(14-17)38-4/h5-15,34H,16H2,1-4H3,(H,29,33). The second-order valence-electron chi connectivity index (χ2n) is 7.92. The third-order valence-corrected chi connectivity index (χ3v) is 6.48. The SMILES string of the molecule is COc1ccc(-c2nnc(SCC(=O)NN=Cc3cc(OC)c(O)c(OC)c3)n2-c2ccc(OC)cc2)cc1. The first-order valence-electron chi connectivity index (χ1n) is 11.6. The number of ether oxygens (including phenoxy) is 4. The largest absolute Gasteiger partial charge is 0.502 e. The predicted octanol–water partition coefficient (Wildman–Crippen LogP) is 3.92. The highest BCUT2D eigenvalue weighted by Crippen LogP contribution is 2.36. The van der Waals surface area contributed by atoms with Gasteiger partial charge in [0.15, 0.2) is 22.5 Å². The molecule has 0 saturated carbocycles. The number of nitrogens with zero attached hydrogens (tertiary/aromatic N) is 4. The Hall–Kier alpha value is -4.71. The summed E-state index contributed by atoms with van der Waals surface area (Å²) in [5, 5.41) is 23.3. The second kappa shape index (κ2) is 12.7. The normalized spacial score (nSPS) is 10.9. The predicted molar refractivity (Wildman–Crippen MR) is 148 cm³/mol. The van der Waals surface area contributed by atoms with Gasteiger partial charge in [0.25, 0.3) is 5.91 Å². The summed E-state index contributed by atoms with van der Waals surface area (Å²) in [6, 6.07) is 18.1. The molecule has 0 radical (unpaired) electrons. The molecule has 0 aliphatic heterocycles. The molecular formula is C27H27N5O6S. The number of carbonyl (C=O) groups is 1. The first kappa shape index (κ1) is 27.3. The van der Waals surface area contributed by atoms with Gasteiger partial charge in [-0.05, 0) is 60.7 Å². The third-order valence-electron chi connectivity index (χ3n) is 5.55. The number of aromatic nitrogens is 3. The molecule has 0 unspecified atom stereocenters. The van der Waals surface area contributed by atoms with Crippen LogP contribution in [0.15, 0.2) is 70.9 Å². The molecule has 12 heteroatoms. The number of carbonyl (C=O) groups excluding carboxylic acids is 1. The van der Waals surface area contributed by atoms with E-state index in [1.54, 1.807) is 26.4 Å². The fraction of sp³-hybridized carbons (Fsp3) is 0.185. The van der Waals surface area contributed by atoms with E-state index in [9.17, 15) is 9.90 Å².